The van der Waals surface area contributed by atoms with Crippen LogP contribution in [0.5, 0.6) is 0 Å². The molecule has 1 N–H and O–H groups in total. The maximum atomic E-state index is 3.34. The van der Waals surface area contributed by atoms with Crippen LogP contribution in [0, 0.1) is 0 Å². The van der Waals surface area contributed by atoms with Crippen molar-refractivity contribution in [3.05, 3.63) is 0 Å². The number of nitrogens with one attached hydrogen (secondary N) is 1. The van der Waals surface area contributed by atoms with Crippen LogP contribution in [0.15, 0.2) is 0 Å². The van der Waals surface area contributed by atoms with Gasteiger partial charge in [0.25, 0.3) is 0 Å². The van der Waals surface area contributed by atoms with Gasteiger partial charge >= 0.3 is 0 Å². The number of hydrogen-bond acceptors (Lipinski definition) is 1. The van der Waals surface area contributed by atoms with E-state index in [0.29, 0.717) is 0 Å². The van der Waals surface area contributed by atoms with Gasteiger partial charge in [-0.2, -0.15) is 0 Å². The highest BCUT2D eigenvalue weighted by Gasteiger charge is 2.15. The SMILES string of the molecule is CCNC(I)(I)CC. The molecule has 0 aromatic rings. The molecule has 1 nitrogen and oxygen atoms in total. The predicted octanol–water partition coefficient (Wildman–Crippen LogP) is 2.53. The molecule has 8 heavy (non-hydrogen) atoms. The monoisotopic (exact) mass is 339 g/mol. The van der Waals surface area contributed by atoms with E-state index < -0.39 is 0 Å². The number of rotatable bonds is 3. The zero-order chi connectivity index (χ0) is 6.62. The van der Waals surface area contributed by atoms with Crippen molar-refractivity contribution in [3.63, 3.8) is 0 Å². The van der Waals surface area contributed by atoms with E-state index in [-0.39, 0.29) is 1.55 Å². The van der Waals surface area contributed by atoms with Gasteiger partial charge in [-0.15, -0.1) is 0 Å². The molecule has 0 fully saturated rings. The maximum absolute atomic E-state index is 3.34. The Morgan fingerprint density at radius 2 is 1.88 bits per heavy atom. The summed E-state index contributed by atoms with van der Waals surface area (Å²) in [5.41, 5.74) is 0. The zero-order valence-electron chi connectivity index (χ0n) is 5.17. The zero-order valence-corrected chi connectivity index (χ0v) is 9.49. The van der Waals surface area contributed by atoms with Crippen LogP contribution in [0.25, 0.3) is 0 Å². The van der Waals surface area contributed by atoms with Crippen molar-refractivity contribution in [2.24, 2.45) is 0 Å². The molecule has 50 valence electrons. The molecule has 0 atom stereocenters. The van der Waals surface area contributed by atoms with E-state index >= 15 is 0 Å². The molecule has 0 spiro atoms. The summed E-state index contributed by atoms with van der Waals surface area (Å²) in [6.07, 6.45) is 1.17. The van der Waals surface area contributed by atoms with Crippen LogP contribution in [0.2, 0.25) is 0 Å². The average Bonchev–Trinajstić information content (AvgIpc) is 1.67. The molecule has 0 amide bonds. The fraction of sp³-hybridized carbons (Fsp3) is 1.00. The number of halogens is 2. The Labute approximate surface area is 78.3 Å². The summed E-state index contributed by atoms with van der Waals surface area (Å²) in [4.78, 5) is 0. The Morgan fingerprint density at radius 1 is 1.38 bits per heavy atom. The highest BCUT2D eigenvalue weighted by molar-refractivity contribution is 14.2. The van der Waals surface area contributed by atoms with Crippen LogP contribution in [0.4, 0.5) is 0 Å². The fourth-order valence-electron chi connectivity index (χ4n) is 0.384. The lowest BCUT2D eigenvalue weighted by molar-refractivity contribution is 0.661. The van der Waals surface area contributed by atoms with Crippen LogP contribution in [0.1, 0.15) is 20.3 Å². The van der Waals surface area contributed by atoms with Gasteiger partial charge in [-0.25, -0.2) is 0 Å². The van der Waals surface area contributed by atoms with Crippen molar-refractivity contribution in [2.75, 3.05) is 6.54 Å². The Balaban J connectivity index is 3.37. The van der Waals surface area contributed by atoms with Gasteiger partial charge in [0, 0.05) is 0 Å². The molecular weight excluding hydrogens is 328 g/mol. The van der Waals surface area contributed by atoms with E-state index in [1.54, 1.807) is 0 Å². The minimum Gasteiger partial charge on any atom is -0.295 e. The molecule has 0 unspecified atom stereocenters. The Bertz CT molecular complexity index is 63.4. The van der Waals surface area contributed by atoms with E-state index in [4.69, 9.17) is 0 Å². The van der Waals surface area contributed by atoms with Crippen LogP contribution < -0.4 is 5.32 Å². The Hall–Kier alpha value is 1.42. The molecule has 3 heteroatoms. The first-order valence-corrected chi connectivity index (χ1v) is 4.91. The van der Waals surface area contributed by atoms with E-state index in [9.17, 15) is 0 Å². The van der Waals surface area contributed by atoms with Crippen LogP contribution in [-0.4, -0.2) is 8.10 Å². The molecule has 0 saturated heterocycles. The van der Waals surface area contributed by atoms with E-state index in [1.807, 2.05) is 0 Å². The van der Waals surface area contributed by atoms with Crippen LogP contribution in [0.3, 0.4) is 0 Å². The van der Waals surface area contributed by atoms with E-state index in [0.717, 1.165) is 6.54 Å². The number of alkyl halides is 2. The van der Waals surface area contributed by atoms with Gasteiger partial charge in [0.15, 0.2) is 0 Å². The van der Waals surface area contributed by atoms with Gasteiger partial charge in [0.2, 0.25) is 0 Å². The second-order valence-electron chi connectivity index (χ2n) is 1.59. The van der Waals surface area contributed by atoms with Crippen molar-refractivity contribution in [1.82, 2.24) is 5.32 Å². The fourth-order valence-corrected chi connectivity index (χ4v) is 1.15. The molecule has 0 aliphatic rings. The summed E-state index contributed by atoms with van der Waals surface area (Å²) in [6.45, 7) is 5.36. The van der Waals surface area contributed by atoms with Crippen LogP contribution >= 0.6 is 45.2 Å². The summed E-state index contributed by atoms with van der Waals surface area (Å²) in [6, 6.07) is 0. The van der Waals surface area contributed by atoms with Gasteiger partial charge in [-0.05, 0) is 58.1 Å². The lowest BCUT2D eigenvalue weighted by atomic mass is 10.5. The molecule has 0 aliphatic carbocycles. The molecule has 0 radical (unpaired) electrons. The topological polar surface area (TPSA) is 12.0 Å². The van der Waals surface area contributed by atoms with Gasteiger partial charge in [-0.3, -0.25) is 5.32 Å². The molecule has 0 aliphatic heterocycles. The minimum atomic E-state index is 0.282. The molecule has 0 bridgehead atoms. The normalized spacial score (nSPS) is 12.0. The van der Waals surface area contributed by atoms with Gasteiger partial charge in [0.1, 0.15) is 1.55 Å². The molecule has 0 aromatic carbocycles. The minimum absolute atomic E-state index is 0.282. The third-order valence-electron chi connectivity index (χ3n) is 0.879. The first-order valence-electron chi connectivity index (χ1n) is 2.75. The molecule has 0 aromatic heterocycles. The van der Waals surface area contributed by atoms with Crippen molar-refractivity contribution < 1.29 is 0 Å². The Morgan fingerprint density at radius 3 is 2.00 bits per heavy atom. The quantitative estimate of drug-likeness (QED) is 0.474. The molecule has 0 heterocycles. The smallest absolute Gasteiger partial charge is 0.122 e. The second kappa shape index (κ2) is 4.27. The van der Waals surface area contributed by atoms with Crippen LogP contribution in [-0.2, 0) is 0 Å². The Kier molecular flexibility index (Phi) is 5.03. The standard InChI is InChI=1S/C5H11I2N/c1-3-5(6,7)8-4-2/h8H,3-4H2,1-2H3. The van der Waals surface area contributed by atoms with Crippen molar-refractivity contribution in [1.29, 1.82) is 0 Å². The van der Waals surface area contributed by atoms with Gasteiger partial charge in [0.05, 0.1) is 0 Å². The maximum Gasteiger partial charge on any atom is 0.122 e. The molecule has 0 saturated carbocycles. The largest absolute Gasteiger partial charge is 0.295 e. The van der Waals surface area contributed by atoms with Crippen molar-refractivity contribution in [3.8, 4) is 0 Å². The third kappa shape index (κ3) is 4.31. The van der Waals surface area contributed by atoms with E-state index in [2.05, 4.69) is 64.3 Å². The molecule has 0 rings (SSSR count). The van der Waals surface area contributed by atoms with Crippen molar-refractivity contribution >= 4 is 45.2 Å². The highest BCUT2D eigenvalue weighted by Crippen LogP contribution is 2.26. The lowest BCUT2D eigenvalue weighted by Crippen LogP contribution is -2.31. The summed E-state index contributed by atoms with van der Waals surface area (Å²) in [7, 11) is 0. The van der Waals surface area contributed by atoms with Gasteiger partial charge in [-0.1, -0.05) is 13.8 Å². The van der Waals surface area contributed by atoms with Gasteiger partial charge < -0.3 is 0 Å². The third-order valence-corrected chi connectivity index (χ3v) is 3.17. The average molecular weight is 339 g/mol. The molecular formula is C5H11I2N. The summed E-state index contributed by atoms with van der Waals surface area (Å²) in [5.74, 6) is 0. The lowest BCUT2D eigenvalue weighted by Gasteiger charge is -2.18. The predicted molar refractivity (Wildman–Crippen MR) is 54.7 cm³/mol. The summed E-state index contributed by atoms with van der Waals surface area (Å²) in [5, 5.41) is 3.34. The summed E-state index contributed by atoms with van der Waals surface area (Å²) < 4.78 is 0.282. The van der Waals surface area contributed by atoms with Crippen molar-refractivity contribution in [2.45, 2.75) is 21.8 Å². The highest BCUT2D eigenvalue weighted by atomic mass is 127. The summed E-state index contributed by atoms with van der Waals surface area (Å²) >= 11 is 4.83. The van der Waals surface area contributed by atoms with E-state index in [1.165, 1.54) is 6.42 Å². The second-order valence-corrected chi connectivity index (χ2v) is 7.34. The first kappa shape index (κ1) is 9.42. The number of hydrogen-bond donors (Lipinski definition) is 1. The first-order chi connectivity index (χ1) is 3.62.